The van der Waals surface area contributed by atoms with Crippen molar-refractivity contribution in [1.82, 2.24) is 4.90 Å². The highest BCUT2D eigenvalue weighted by atomic mass is 32.1. The molecule has 4 nitrogen and oxygen atoms in total. The van der Waals surface area contributed by atoms with Gasteiger partial charge in [0.1, 0.15) is 17.3 Å². The topological polar surface area (TPSA) is 47.7 Å². The number of rotatable bonds is 6. The SMILES string of the molecule is CCC1COCCN1CCOc1ccc(C(N)=S)cc1. The molecular formula is C15H22N2O2S. The Balaban J connectivity index is 1.78. The average Bonchev–Trinajstić information content (AvgIpc) is 2.48. The molecule has 2 rings (SSSR count). The van der Waals surface area contributed by atoms with Crippen molar-refractivity contribution in [3.63, 3.8) is 0 Å². The molecule has 1 fully saturated rings. The third-order valence-electron chi connectivity index (χ3n) is 3.61. The van der Waals surface area contributed by atoms with E-state index in [1.165, 1.54) is 0 Å². The number of ether oxygens (including phenoxy) is 2. The lowest BCUT2D eigenvalue weighted by atomic mass is 10.2. The van der Waals surface area contributed by atoms with Crippen LogP contribution in [0.25, 0.3) is 0 Å². The molecule has 1 aromatic rings. The molecule has 1 aliphatic rings. The number of hydrogen-bond acceptors (Lipinski definition) is 4. The molecule has 1 aromatic carbocycles. The molecule has 1 heterocycles. The summed E-state index contributed by atoms with van der Waals surface area (Å²) in [4.78, 5) is 2.85. The predicted molar refractivity (Wildman–Crippen MR) is 84.3 cm³/mol. The van der Waals surface area contributed by atoms with Crippen LogP contribution in [0.15, 0.2) is 24.3 Å². The number of nitrogens with two attached hydrogens (primary N) is 1. The second-order valence-corrected chi connectivity index (χ2v) is 5.35. The average molecular weight is 294 g/mol. The van der Waals surface area contributed by atoms with Gasteiger partial charge in [0.05, 0.1) is 13.2 Å². The summed E-state index contributed by atoms with van der Waals surface area (Å²) in [6.07, 6.45) is 1.11. The summed E-state index contributed by atoms with van der Waals surface area (Å²) >= 11 is 4.92. The van der Waals surface area contributed by atoms with E-state index in [1.54, 1.807) is 0 Å². The maximum absolute atomic E-state index is 5.77. The first-order valence-corrected chi connectivity index (χ1v) is 7.46. The van der Waals surface area contributed by atoms with Crippen molar-refractivity contribution in [3.8, 4) is 5.75 Å². The summed E-state index contributed by atoms with van der Waals surface area (Å²) in [5, 5.41) is 0. The van der Waals surface area contributed by atoms with Crippen LogP contribution in [0, 0.1) is 0 Å². The highest BCUT2D eigenvalue weighted by Gasteiger charge is 2.20. The van der Waals surface area contributed by atoms with Gasteiger partial charge in [0, 0.05) is 24.7 Å². The van der Waals surface area contributed by atoms with Crippen LogP contribution in [0.3, 0.4) is 0 Å². The molecule has 0 aromatic heterocycles. The zero-order chi connectivity index (χ0) is 14.4. The summed E-state index contributed by atoms with van der Waals surface area (Å²) in [5.74, 6) is 0.853. The van der Waals surface area contributed by atoms with E-state index in [4.69, 9.17) is 27.4 Å². The molecule has 1 unspecified atom stereocenters. The molecule has 0 saturated carbocycles. The number of nitrogens with zero attached hydrogens (tertiary/aromatic N) is 1. The number of morpholine rings is 1. The molecule has 1 aliphatic heterocycles. The molecule has 0 amide bonds. The summed E-state index contributed by atoms with van der Waals surface area (Å²) in [5.41, 5.74) is 6.43. The van der Waals surface area contributed by atoms with E-state index in [0.29, 0.717) is 17.6 Å². The van der Waals surface area contributed by atoms with E-state index in [2.05, 4.69) is 11.8 Å². The van der Waals surface area contributed by atoms with E-state index in [9.17, 15) is 0 Å². The first kappa shape index (κ1) is 15.2. The maximum Gasteiger partial charge on any atom is 0.119 e. The van der Waals surface area contributed by atoms with Gasteiger partial charge in [-0.3, -0.25) is 4.90 Å². The number of hydrogen-bond donors (Lipinski definition) is 1. The third kappa shape index (κ3) is 4.16. The zero-order valence-corrected chi connectivity index (χ0v) is 12.7. The van der Waals surface area contributed by atoms with Gasteiger partial charge in [-0.2, -0.15) is 0 Å². The van der Waals surface area contributed by atoms with Crippen molar-refractivity contribution < 1.29 is 9.47 Å². The normalized spacial score (nSPS) is 19.8. The minimum atomic E-state index is 0.413. The third-order valence-corrected chi connectivity index (χ3v) is 3.84. The first-order chi connectivity index (χ1) is 9.70. The molecule has 0 radical (unpaired) electrons. The molecule has 20 heavy (non-hydrogen) atoms. The van der Waals surface area contributed by atoms with E-state index in [1.807, 2.05) is 24.3 Å². The Morgan fingerprint density at radius 2 is 2.20 bits per heavy atom. The van der Waals surface area contributed by atoms with Crippen molar-refractivity contribution in [3.05, 3.63) is 29.8 Å². The lowest BCUT2D eigenvalue weighted by Gasteiger charge is -2.34. The Hall–Kier alpha value is -1.17. The molecule has 2 N–H and O–H groups in total. The molecule has 110 valence electrons. The Bertz CT molecular complexity index is 436. The van der Waals surface area contributed by atoms with Gasteiger partial charge in [0.25, 0.3) is 0 Å². The molecule has 1 atom stereocenters. The Morgan fingerprint density at radius 1 is 1.45 bits per heavy atom. The molecule has 0 bridgehead atoms. The summed E-state index contributed by atoms with van der Waals surface area (Å²) in [7, 11) is 0. The molecule has 1 saturated heterocycles. The summed E-state index contributed by atoms with van der Waals surface area (Å²) < 4.78 is 11.3. The standard InChI is InChI=1S/C15H22N2O2S/c1-2-13-11-18-9-7-17(13)8-10-19-14-5-3-12(4-6-14)15(16)20/h3-6,13H,2,7-11H2,1H3,(H2,16,20). The van der Waals surface area contributed by atoms with Crippen LogP contribution in [0.2, 0.25) is 0 Å². The highest BCUT2D eigenvalue weighted by molar-refractivity contribution is 7.80. The van der Waals surface area contributed by atoms with E-state index in [-0.39, 0.29) is 0 Å². The fraction of sp³-hybridized carbons (Fsp3) is 0.533. The summed E-state index contributed by atoms with van der Waals surface area (Å²) in [6.45, 7) is 6.45. The van der Waals surface area contributed by atoms with Gasteiger partial charge in [-0.25, -0.2) is 0 Å². The number of thiocarbonyl (C=S) groups is 1. The van der Waals surface area contributed by atoms with Crippen LogP contribution in [0.4, 0.5) is 0 Å². The van der Waals surface area contributed by atoms with E-state index < -0.39 is 0 Å². The van der Waals surface area contributed by atoms with Crippen LogP contribution < -0.4 is 10.5 Å². The van der Waals surface area contributed by atoms with Crippen molar-refractivity contribution in [2.24, 2.45) is 5.73 Å². The van der Waals surface area contributed by atoms with Gasteiger partial charge in [0.15, 0.2) is 0 Å². The molecule has 0 spiro atoms. The monoisotopic (exact) mass is 294 g/mol. The van der Waals surface area contributed by atoms with Crippen molar-refractivity contribution in [2.75, 3.05) is 32.9 Å². The van der Waals surface area contributed by atoms with Gasteiger partial charge in [0.2, 0.25) is 0 Å². The quantitative estimate of drug-likeness (QED) is 0.811. The maximum atomic E-state index is 5.77. The van der Waals surface area contributed by atoms with E-state index in [0.717, 1.165) is 44.0 Å². The highest BCUT2D eigenvalue weighted by Crippen LogP contribution is 2.13. The second kappa shape index (κ2) is 7.57. The minimum Gasteiger partial charge on any atom is -0.492 e. The van der Waals surface area contributed by atoms with Gasteiger partial charge in [-0.05, 0) is 30.7 Å². The Kier molecular flexibility index (Phi) is 5.76. The van der Waals surface area contributed by atoms with Crippen LogP contribution in [0.1, 0.15) is 18.9 Å². The largest absolute Gasteiger partial charge is 0.492 e. The molecule has 0 aliphatic carbocycles. The van der Waals surface area contributed by atoms with Crippen molar-refractivity contribution in [2.45, 2.75) is 19.4 Å². The van der Waals surface area contributed by atoms with E-state index >= 15 is 0 Å². The minimum absolute atomic E-state index is 0.413. The van der Waals surface area contributed by atoms with Crippen molar-refractivity contribution >= 4 is 17.2 Å². The molecule has 5 heteroatoms. The smallest absolute Gasteiger partial charge is 0.119 e. The van der Waals surface area contributed by atoms with Crippen molar-refractivity contribution in [1.29, 1.82) is 0 Å². The zero-order valence-electron chi connectivity index (χ0n) is 11.9. The van der Waals surface area contributed by atoms with Crippen LogP contribution in [0.5, 0.6) is 5.75 Å². The Labute approximate surface area is 125 Å². The van der Waals surface area contributed by atoms with Crippen LogP contribution in [-0.4, -0.2) is 48.8 Å². The first-order valence-electron chi connectivity index (χ1n) is 7.05. The van der Waals surface area contributed by atoms with Crippen LogP contribution >= 0.6 is 12.2 Å². The van der Waals surface area contributed by atoms with Gasteiger partial charge in [-0.15, -0.1) is 0 Å². The second-order valence-electron chi connectivity index (χ2n) is 4.91. The lowest BCUT2D eigenvalue weighted by molar-refractivity contribution is -0.0132. The Morgan fingerprint density at radius 3 is 2.85 bits per heavy atom. The number of benzene rings is 1. The fourth-order valence-corrected chi connectivity index (χ4v) is 2.49. The lowest BCUT2D eigenvalue weighted by Crippen LogP contribution is -2.46. The molecular weight excluding hydrogens is 272 g/mol. The van der Waals surface area contributed by atoms with Gasteiger partial charge in [-0.1, -0.05) is 19.1 Å². The van der Waals surface area contributed by atoms with Crippen LogP contribution in [-0.2, 0) is 4.74 Å². The van der Waals surface area contributed by atoms with Gasteiger partial charge >= 0.3 is 0 Å². The summed E-state index contributed by atoms with van der Waals surface area (Å²) in [6, 6.07) is 8.11. The predicted octanol–water partition coefficient (Wildman–Crippen LogP) is 1.81. The van der Waals surface area contributed by atoms with Gasteiger partial charge < -0.3 is 15.2 Å². The fourth-order valence-electron chi connectivity index (χ4n) is 2.36.